The molecule has 0 bridgehead atoms. The second-order valence-electron chi connectivity index (χ2n) is 4.37. The van der Waals surface area contributed by atoms with Gasteiger partial charge in [0.25, 0.3) is 0 Å². The van der Waals surface area contributed by atoms with Gasteiger partial charge >= 0.3 is 0 Å². The molecule has 0 heterocycles. The van der Waals surface area contributed by atoms with Gasteiger partial charge in [0.15, 0.2) is 0 Å². The van der Waals surface area contributed by atoms with Gasteiger partial charge in [0, 0.05) is 17.8 Å². The van der Waals surface area contributed by atoms with Gasteiger partial charge in [-0.2, -0.15) is 0 Å². The second-order valence-corrected chi connectivity index (χ2v) is 7.19. The van der Waals surface area contributed by atoms with E-state index in [-0.39, 0.29) is 17.8 Å². The van der Waals surface area contributed by atoms with Gasteiger partial charge in [-0.25, -0.2) is 8.42 Å². The highest BCUT2D eigenvalue weighted by Crippen LogP contribution is 2.09. The van der Waals surface area contributed by atoms with E-state index >= 15 is 0 Å². The molecular weight excluding hydrogens is 252 g/mol. The molecule has 0 rings (SSSR count). The van der Waals surface area contributed by atoms with Crippen molar-refractivity contribution in [3.05, 3.63) is 0 Å². The first-order valence-corrected chi connectivity index (χ1v) is 7.77. The molecule has 0 aromatic carbocycles. The van der Waals surface area contributed by atoms with Gasteiger partial charge in [-0.15, -0.1) is 0 Å². The Hall–Kier alpha value is 0.160. The summed E-state index contributed by atoms with van der Waals surface area (Å²) in [5.41, 5.74) is 0. The molecule has 98 valence electrons. The van der Waals surface area contributed by atoms with E-state index < -0.39 is 9.05 Å². The van der Waals surface area contributed by atoms with Crippen molar-refractivity contribution in [2.75, 3.05) is 26.1 Å². The van der Waals surface area contributed by atoms with Crippen LogP contribution in [-0.2, 0) is 18.5 Å². The first-order valence-electron chi connectivity index (χ1n) is 5.29. The number of hydrogen-bond donors (Lipinski definition) is 0. The minimum atomic E-state index is -3.43. The molecule has 0 saturated heterocycles. The van der Waals surface area contributed by atoms with E-state index in [1.807, 2.05) is 13.8 Å². The number of ether oxygens (including phenoxy) is 2. The van der Waals surface area contributed by atoms with E-state index in [1.54, 1.807) is 14.0 Å². The van der Waals surface area contributed by atoms with Crippen molar-refractivity contribution in [3.63, 3.8) is 0 Å². The van der Waals surface area contributed by atoms with Crippen molar-refractivity contribution < 1.29 is 17.9 Å². The topological polar surface area (TPSA) is 52.6 Å². The summed E-state index contributed by atoms with van der Waals surface area (Å²) in [4.78, 5) is 0. The van der Waals surface area contributed by atoms with Crippen molar-refractivity contribution in [3.8, 4) is 0 Å². The van der Waals surface area contributed by atoms with E-state index in [9.17, 15) is 8.42 Å². The maximum atomic E-state index is 10.8. The summed E-state index contributed by atoms with van der Waals surface area (Å²) in [6, 6.07) is 0. The van der Waals surface area contributed by atoms with Gasteiger partial charge < -0.3 is 9.47 Å². The molecule has 0 aliphatic rings. The number of rotatable bonds is 8. The molecule has 0 aliphatic heterocycles. The van der Waals surface area contributed by atoms with Crippen LogP contribution in [0.2, 0.25) is 0 Å². The highest BCUT2D eigenvalue weighted by molar-refractivity contribution is 8.13. The summed E-state index contributed by atoms with van der Waals surface area (Å²) in [5, 5.41) is 0. The molecule has 0 spiro atoms. The molecule has 0 amide bonds. The van der Waals surface area contributed by atoms with E-state index in [4.69, 9.17) is 20.2 Å². The smallest absolute Gasteiger partial charge is 0.232 e. The SMILES string of the molecule is COC(COCC(C)CS(=O)(=O)Cl)C(C)C. The maximum absolute atomic E-state index is 10.8. The molecule has 0 aromatic rings. The molecule has 0 aromatic heterocycles. The molecule has 0 aliphatic carbocycles. The van der Waals surface area contributed by atoms with Crippen molar-refractivity contribution in [1.29, 1.82) is 0 Å². The lowest BCUT2D eigenvalue weighted by molar-refractivity contribution is -0.0211. The van der Waals surface area contributed by atoms with Crippen LogP contribution >= 0.6 is 10.7 Å². The Morgan fingerprint density at radius 1 is 1.19 bits per heavy atom. The van der Waals surface area contributed by atoms with Crippen LogP contribution in [-0.4, -0.2) is 40.6 Å². The van der Waals surface area contributed by atoms with E-state index in [2.05, 4.69) is 0 Å². The Morgan fingerprint density at radius 2 is 1.75 bits per heavy atom. The van der Waals surface area contributed by atoms with Gasteiger partial charge in [-0.1, -0.05) is 20.8 Å². The first kappa shape index (κ1) is 16.2. The first-order chi connectivity index (χ1) is 7.26. The fraction of sp³-hybridized carbons (Fsp3) is 1.00. The Morgan fingerprint density at radius 3 is 2.12 bits per heavy atom. The lowest BCUT2D eigenvalue weighted by Gasteiger charge is -2.20. The van der Waals surface area contributed by atoms with E-state index in [0.717, 1.165) is 0 Å². The summed E-state index contributed by atoms with van der Waals surface area (Å²) < 4.78 is 32.2. The van der Waals surface area contributed by atoms with Crippen molar-refractivity contribution in [1.82, 2.24) is 0 Å². The lowest BCUT2D eigenvalue weighted by Crippen LogP contribution is -2.26. The van der Waals surface area contributed by atoms with Gasteiger partial charge in [0.1, 0.15) is 0 Å². The third-order valence-corrected chi connectivity index (χ3v) is 3.56. The Kier molecular flexibility index (Phi) is 7.55. The Balaban J connectivity index is 3.81. The van der Waals surface area contributed by atoms with Crippen LogP contribution in [0.4, 0.5) is 0 Å². The highest BCUT2D eigenvalue weighted by Gasteiger charge is 2.15. The third-order valence-electron chi connectivity index (χ3n) is 2.21. The number of hydrogen-bond acceptors (Lipinski definition) is 4. The highest BCUT2D eigenvalue weighted by atomic mass is 35.7. The van der Waals surface area contributed by atoms with Crippen LogP contribution in [0.1, 0.15) is 20.8 Å². The average Bonchev–Trinajstić information content (AvgIpc) is 2.08. The quantitative estimate of drug-likeness (QED) is 0.633. The summed E-state index contributed by atoms with van der Waals surface area (Å²) in [7, 11) is 3.34. The molecule has 6 heteroatoms. The zero-order valence-corrected chi connectivity index (χ0v) is 11.8. The molecule has 0 fully saturated rings. The largest absolute Gasteiger partial charge is 0.379 e. The molecule has 0 saturated carbocycles. The molecule has 16 heavy (non-hydrogen) atoms. The van der Waals surface area contributed by atoms with Crippen molar-refractivity contribution in [2.45, 2.75) is 26.9 Å². The van der Waals surface area contributed by atoms with E-state index in [1.165, 1.54) is 0 Å². The standard InChI is InChI=1S/C10H21ClO4S/c1-8(2)10(14-4)6-15-5-9(3)7-16(11,12)13/h8-10H,5-7H2,1-4H3. The number of methoxy groups -OCH3 is 1. The molecule has 0 N–H and O–H groups in total. The normalized spacial score (nSPS) is 16.4. The van der Waals surface area contributed by atoms with Crippen molar-refractivity contribution in [2.24, 2.45) is 11.8 Å². The average molecular weight is 273 g/mol. The summed E-state index contributed by atoms with van der Waals surface area (Å²) >= 11 is 0. The summed E-state index contributed by atoms with van der Waals surface area (Å²) in [6.07, 6.45) is 0.0415. The predicted molar refractivity (Wildman–Crippen MR) is 65.3 cm³/mol. The van der Waals surface area contributed by atoms with Gasteiger partial charge in [-0.3, -0.25) is 0 Å². The van der Waals surface area contributed by atoms with Crippen LogP contribution < -0.4 is 0 Å². The molecule has 4 nitrogen and oxygen atoms in total. The van der Waals surface area contributed by atoms with Crippen LogP contribution in [0, 0.1) is 11.8 Å². The molecule has 2 atom stereocenters. The van der Waals surface area contributed by atoms with Gasteiger partial charge in [0.2, 0.25) is 9.05 Å². The van der Waals surface area contributed by atoms with Crippen LogP contribution in [0.25, 0.3) is 0 Å². The Labute approximate surface area is 103 Å². The lowest BCUT2D eigenvalue weighted by atomic mass is 10.1. The van der Waals surface area contributed by atoms with Crippen molar-refractivity contribution >= 4 is 19.7 Å². The monoisotopic (exact) mass is 272 g/mol. The van der Waals surface area contributed by atoms with Crippen LogP contribution in [0.15, 0.2) is 0 Å². The third kappa shape index (κ3) is 8.33. The minimum Gasteiger partial charge on any atom is -0.379 e. The van der Waals surface area contributed by atoms with Gasteiger partial charge in [-0.05, 0) is 11.8 Å². The Bertz CT molecular complexity index is 277. The zero-order valence-electron chi connectivity index (χ0n) is 10.3. The fourth-order valence-corrected chi connectivity index (χ4v) is 2.73. The predicted octanol–water partition coefficient (Wildman–Crippen LogP) is 1.88. The van der Waals surface area contributed by atoms with Crippen LogP contribution in [0.3, 0.4) is 0 Å². The molecule has 0 radical (unpaired) electrons. The molecular formula is C10H21ClO4S. The zero-order chi connectivity index (χ0) is 12.8. The van der Waals surface area contributed by atoms with Gasteiger partial charge in [0.05, 0.1) is 25.1 Å². The summed E-state index contributed by atoms with van der Waals surface area (Å²) in [5.74, 6) is 0.206. The maximum Gasteiger partial charge on any atom is 0.232 e. The summed E-state index contributed by atoms with van der Waals surface area (Å²) in [6.45, 7) is 6.73. The minimum absolute atomic E-state index is 0.0415. The second kappa shape index (κ2) is 7.48. The van der Waals surface area contributed by atoms with Crippen LogP contribution in [0.5, 0.6) is 0 Å². The number of halogens is 1. The van der Waals surface area contributed by atoms with E-state index in [0.29, 0.717) is 19.1 Å². The fourth-order valence-electron chi connectivity index (χ4n) is 1.31. The molecule has 2 unspecified atom stereocenters.